The zero-order chi connectivity index (χ0) is 44.1. The van der Waals surface area contributed by atoms with E-state index < -0.39 is 22.9 Å². The fourth-order valence-electron chi connectivity index (χ4n) is 10.1. The Hall–Kier alpha value is -6.23. The van der Waals surface area contributed by atoms with Gasteiger partial charge in [0, 0.05) is 24.1 Å². The number of carbonyl (C=O) groups excluding carboxylic acids is 2. The quantitative estimate of drug-likeness (QED) is 0.0447. The monoisotopic (exact) mass is 876 g/mol. The summed E-state index contributed by atoms with van der Waals surface area (Å²) in [6, 6.07) is 47.7. The van der Waals surface area contributed by atoms with Crippen molar-refractivity contribution in [2.24, 2.45) is 5.92 Å². The van der Waals surface area contributed by atoms with E-state index in [2.05, 4.69) is 91.5 Å². The van der Waals surface area contributed by atoms with Crippen molar-refractivity contribution in [3.05, 3.63) is 202 Å². The first kappa shape index (κ1) is 43.0. The molecular weight excluding hydrogens is 828 g/mol. The summed E-state index contributed by atoms with van der Waals surface area (Å²) in [5, 5.41) is 0.663. The highest BCUT2D eigenvalue weighted by Gasteiger charge is 2.58. The van der Waals surface area contributed by atoms with Gasteiger partial charge in [0.05, 0.1) is 37.8 Å². The van der Waals surface area contributed by atoms with Gasteiger partial charge in [0.1, 0.15) is 43.5 Å². The third-order valence-electron chi connectivity index (χ3n) is 12.7. The summed E-state index contributed by atoms with van der Waals surface area (Å²) in [6.45, 7) is 5.54. The fourth-order valence-corrected chi connectivity index (χ4v) is 10.3. The highest BCUT2D eigenvalue weighted by Crippen LogP contribution is 2.60. The maximum atomic E-state index is 13.8. The first-order valence-electron chi connectivity index (χ1n) is 21.6. The molecule has 6 aromatic carbocycles. The molecule has 2 bridgehead atoms. The zero-order valence-corrected chi connectivity index (χ0v) is 36.4. The Morgan fingerprint density at radius 1 is 0.609 bits per heavy atom. The van der Waals surface area contributed by atoms with E-state index in [1.54, 1.807) is 7.11 Å². The van der Waals surface area contributed by atoms with Crippen LogP contribution in [0.4, 0.5) is 0 Å². The van der Waals surface area contributed by atoms with Gasteiger partial charge in [-0.15, -0.1) is 0 Å². The molecule has 0 saturated heterocycles. The maximum absolute atomic E-state index is 13.8. The molecule has 0 N–H and O–H groups in total. The molecule has 10 heteroatoms. The van der Waals surface area contributed by atoms with E-state index in [0.29, 0.717) is 37.9 Å². The number of carbonyl (C=O) groups is 2. The van der Waals surface area contributed by atoms with E-state index in [1.807, 2.05) is 54.6 Å². The molecule has 4 aliphatic rings. The smallest absolute Gasteiger partial charge is 0.330 e. The molecule has 9 nitrogen and oxygen atoms in total. The van der Waals surface area contributed by atoms with Crippen molar-refractivity contribution in [1.29, 1.82) is 0 Å². The number of hydrogen-bond acceptors (Lipinski definition) is 9. The van der Waals surface area contributed by atoms with Crippen molar-refractivity contribution in [3.8, 4) is 22.6 Å². The predicted molar refractivity (Wildman–Crippen MR) is 244 cm³/mol. The standard InChI is InChI=1S/C54H49ClO9/c1-3-51(56)63-32-28-59-26-30-61-39-21-16-36(17-22-39)53(46-13-7-4-10-41(46)42-11-5-8-14-47(42)53)37-18-23-40(24-19-37)62-31-27-60-29-33-64-52(57)50-35-44-43-12-6-9-15-48(43)54(50,58-2)49-25-20-38(55)34-45(44)49/h3-25,34,44,50H,1,26-33,35H2,2H3. The summed E-state index contributed by atoms with van der Waals surface area (Å²) in [6.07, 6.45) is 1.70. The fraction of sp³-hybridized carbons (Fsp3) is 0.259. The minimum Gasteiger partial charge on any atom is -0.491 e. The Labute approximate surface area is 378 Å². The SMILES string of the molecule is C=CC(=O)OCCOCCOc1ccc(C2(c3ccc(OCCOCCOC(=O)C4CC5c6ccccc6C4(OC)c4ccc(Cl)cc45)cc3)c3ccccc3-c3ccccc32)cc1. The van der Waals surface area contributed by atoms with Gasteiger partial charge in [-0.1, -0.05) is 121 Å². The number of fused-ring (bicyclic) bond motifs is 4. The van der Waals surface area contributed by atoms with Gasteiger partial charge in [0.25, 0.3) is 0 Å². The predicted octanol–water partition coefficient (Wildman–Crippen LogP) is 9.82. The van der Waals surface area contributed by atoms with Crippen LogP contribution in [0.25, 0.3) is 11.1 Å². The highest BCUT2D eigenvalue weighted by molar-refractivity contribution is 6.30. The second-order valence-corrected chi connectivity index (χ2v) is 16.4. The molecule has 0 saturated carbocycles. The van der Waals surface area contributed by atoms with E-state index >= 15 is 0 Å². The van der Waals surface area contributed by atoms with Crippen LogP contribution >= 0.6 is 11.6 Å². The van der Waals surface area contributed by atoms with Crippen LogP contribution in [0, 0.1) is 5.92 Å². The topological polar surface area (TPSA) is 98.8 Å². The molecule has 4 aliphatic carbocycles. The number of ether oxygens (including phenoxy) is 7. The van der Waals surface area contributed by atoms with Gasteiger partial charge in [0.2, 0.25) is 0 Å². The first-order chi connectivity index (χ1) is 31.4. The third-order valence-corrected chi connectivity index (χ3v) is 13.0. The average molecular weight is 877 g/mol. The lowest BCUT2D eigenvalue weighted by Gasteiger charge is -2.52. The van der Waals surface area contributed by atoms with E-state index in [4.69, 9.17) is 44.8 Å². The lowest BCUT2D eigenvalue weighted by Crippen LogP contribution is -2.52. The maximum Gasteiger partial charge on any atom is 0.330 e. The van der Waals surface area contributed by atoms with Crippen LogP contribution in [-0.4, -0.2) is 71.9 Å². The molecule has 3 unspecified atom stereocenters. The summed E-state index contributed by atoms with van der Waals surface area (Å²) < 4.78 is 40.7. The summed E-state index contributed by atoms with van der Waals surface area (Å²) in [7, 11) is 1.66. The normalized spacial score (nSPS) is 18.2. The summed E-state index contributed by atoms with van der Waals surface area (Å²) in [5.41, 5.74) is 9.69. The second-order valence-electron chi connectivity index (χ2n) is 16.0. The Bertz CT molecular complexity index is 2600. The van der Waals surface area contributed by atoms with Crippen molar-refractivity contribution in [2.75, 3.05) is 60.0 Å². The molecule has 0 aliphatic heterocycles. The van der Waals surface area contributed by atoms with Crippen LogP contribution in [-0.2, 0) is 44.3 Å². The molecule has 0 heterocycles. The van der Waals surface area contributed by atoms with Gasteiger partial charge >= 0.3 is 11.9 Å². The molecule has 0 aromatic heterocycles. The van der Waals surface area contributed by atoms with Gasteiger partial charge < -0.3 is 33.2 Å². The second kappa shape index (κ2) is 18.9. The van der Waals surface area contributed by atoms with Crippen molar-refractivity contribution in [2.45, 2.75) is 23.4 Å². The van der Waals surface area contributed by atoms with E-state index in [0.717, 1.165) is 51.0 Å². The Morgan fingerprint density at radius 2 is 1.12 bits per heavy atom. The molecular formula is C54H49ClO9. The lowest BCUT2D eigenvalue weighted by atomic mass is 9.56. The average Bonchev–Trinajstić information content (AvgIpc) is 3.64. The minimum atomic E-state index is -0.958. The number of rotatable bonds is 19. The Morgan fingerprint density at radius 3 is 1.70 bits per heavy atom. The van der Waals surface area contributed by atoms with Crippen molar-refractivity contribution in [1.82, 2.24) is 0 Å². The minimum absolute atomic E-state index is 0.0251. The van der Waals surface area contributed by atoms with Crippen molar-refractivity contribution < 1.29 is 42.7 Å². The molecule has 0 amide bonds. The van der Waals surface area contributed by atoms with E-state index in [1.165, 1.54) is 22.3 Å². The lowest BCUT2D eigenvalue weighted by molar-refractivity contribution is -0.164. The molecule has 64 heavy (non-hydrogen) atoms. The number of esters is 2. The van der Waals surface area contributed by atoms with Crippen LogP contribution in [0.1, 0.15) is 56.8 Å². The van der Waals surface area contributed by atoms with Crippen LogP contribution < -0.4 is 9.47 Å². The van der Waals surface area contributed by atoms with Crippen LogP contribution in [0.3, 0.4) is 0 Å². The van der Waals surface area contributed by atoms with Crippen LogP contribution in [0.5, 0.6) is 11.5 Å². The molecule has 0 radical (unpaired) electrons. The van der Waals surface area contributed by atoms with Crippen LogP contribution in [0.15, 0.2) is 152 Å². The van der Waals surface area contributed by atoms with Gasteiger partial charge in [-0.25, -0.2) is 4.79 Å². The first-order valence-corrected chi connectivity index (χ1v) is 22.0. The van der Waals surface area contributed by atoms with Gasteiger partial charge in [-0.05, 0) is 98.5 Å². The number of methoxy groups -OCH3 is 1. The largest absolute Gasteiger partial charge is 0.491 e. The van der Waals surface area contributed by atoms with Gasteiger partial charge in [-0.2, -0.15) is 0 Å². The zero-order valence-electron chi connectivity index (χ0n) is 35.6. The molecule has 3 atom stereocenters. The summed E-state index contributed by atoms with van der Waals surface area (Å²) >= 11 is 6.43. The summed E-state index contributed by atoms with van der Waals surface area (Å²) in [4.78, 5) is 25.0. The van der Waals surface area contributed by atoms with Crippen molar-refractivity contribution in [3.63, 3.8) is 0 Å². The molecule has 326 valence electrons. The Balaban J connectivity index is 0.818. The number of halogens is 1. The number of hydrogen-bond donors (Lipinski definition) is 0. The summed E-state index contributed by atoms with van der Waals surface area (Å²) in [5.74, 6) is 0.180. The Kier molecular flexibility index (Phi) is 12.7. The molecule has 0 spiro atoms. The van der Waals surface area contributed by atoms with Gasteiger partial charge in [0.15, 0.2) is 0 Å². The van der Waals surface area contributed by atoms with Gasteiger partial charge in [-0.3, -0.25) is 4.79 Å². The molecule has 0 fully saturated rings. The van der Waals surface area contributed by atoms with E-state index in [9.17, 15) is 9.59 Å². The van der Waals surface area contributed by atoms with Crippen LogP contribution in [0.2, 0.25) is 5.02 Å². The number of benzene rings is 6. The van der Waals surface area contributed by atoms with E-state index in [-0.39, 0.29) is 38.3 Å². The van der Waals surface area contributed by atoms with Crippen molar-refractivity contribution >= 4 is 23.5 Å². The third kappa shape index (κ3) is 7.77. The highest BCUT2D eigenvalue weighted by atomic mass is 35.5. The molecule has 6 aromatic rings. The molecule has 10 rings (SSSR count).